The SMILES string of the molecule is CN(Cc1csc(CN2CCOCC2)n1)C(=O)c1ccc(N2CCCC2)c([N+](=O)[O-])c1. The van der Waals surface area contributed by atoms with Gasteiger partial charge in [-0.15, -0.1) is 11.3 Å². The van der Waals surface area contributed by atoms with Gasteiger partial charge in [-0.3, -0.25) is 19.8 Å². The van der Waals surface area contributed by atoms with Crippen LogP contribution < -0.4 is 4.90 Å². The Hall–Kier alpha value is -2.56. The first-order valence-corrected chi connectivity index (χ1v) is 11.4. The minimum atomic E-state index is -0.400. The van der Waals surface area contributed by atoms with E-state index >= 15 is 0 Å². The van der Waals surface area contributed by atoms with E-state index in [1.165, 1.54) is 6.07 Å². The van der Waals surface area contributed by atoms with Crippen LogP contribution in [0.3, 0.4) is 0 Å². The second-order valence-electron chi connectivity index (χ2n) is 7.94. The Morgan fingerprint density at radius 1 is 1.26 bits per heavy atom. The fourth-order valence-corrected chi connectivity index (χ4v) is 4.83. The fourth-order valence-electron chi connectivity index (χ4n) is 4.01. The number of thiazole rings is 1. The Morgan fingerprint density at radius 3 is 2.71 bits per heavy atom. The average molecular weight is 446 g/mol. The fraction of sp³-hybridized carbons (Fsp3) is 0.524. The zero-order valence-corrected chi connectivity index (χ0v) is 18.5. The number of anilines is 1. The van der Waals surface area contributed by atoms with E-state index in [0.717, 1.165) is 69.5 Å². The molecule has 2 fully saturated rings. The molecule has 0 radical (unpaired) electrons. The topological polar surface area (TPSA) is 92.1 Å². The van der Waals surface area contributed by atoms with E-state index in [1.54, 1.807) is 35.4 Å². The molecule has 0 saturated carbocycles. The number of morpholine rings is 1. The van der Waals surface area contributed by atoms with E-state index in [1.807, 2.05) is 10.3 Å². The van der Waals surface area contributed by atoms with Gasteiger partial charge in [-0.2, -0.15) is 0 Å². The van der Waals surface area contributed by atoms with E-state index in [0.29, 0.717) is 17.8 Å². The van der Waals surface area contributed by atoms with E-state index < -0.39 is 4.92 Å². The highest BCUT2D eigenvalue weighted by molar-refractivity contribution is 7.09. The smallest absolute Gasteiger partial charge is 0.293 e. The summed E-state index contributed by atoms with van der Waals surface area (Å²) in [6.07, 6.45) is 2.06. The third-order valence-corrected chi connectivity index (χ3v) is 6.56. The largest absolute Gasteiger partial charge is 0.379 e. The summed E-state index contributed by atoms with van der Waals surface area (Å²) in [4.78, 5) is 34.7. The average Bonchev–Trinajstić information content (AvgIpc) is 3.46. The molecule has 0 N–H and O–H groups in total. The van der Waals surface area contributed by atoms with Crippen molar-refractivity contribution in [1.82, 2.24) is 14.8 Å². The lowest BCUT2D eigenvalue weighted by Gasteiger charge is -2.25. The number of ether oxygens (including phenoxy) is 1. The maximum absolute atomic E-state index is 12.9. The molecular formula is C21H27N5O4S. The number of nitro groups is 1. The maximum atomic E-state index is 12.9. The zero-order valence-electron chi connectivity index (χ0n) is 17.7. The van der Waals surface area contributed by atoms with Gasteiger partial charge in [0.15, 0.2) is 0 Å². The molecule has 1 aromatic heterocycles. The van der Waals surface area contributed by atoms with Crippen molar-refractivity contribution in [2.75, 3.05) is 51.3 Å². The van der Waals surface area contributed by atoms with Crippen molar-refractivity contribution >= 4 is 28.6 Å². The minimum Gasteiger partial charge on any atom is -0.379 e. The number of nitro benzene ring substituents is 1. The van der Waals surface area contributed by atoms with Gasteiger partial charge in [-0.25, -0.2) is 4.98 Å². The Morgan fingerprint density at radius 2 is 2.00 bits per heavy atom. The van der Waals surface area contributed by atoms with E-state index in [-0.39, 0.29) is 11.6 Å². The first-order valence-electron chi connectivity index (χ1n) is 10.5. The quantitative estimate of drug-likeness (QED) is 0.478. The summed E-state index contributed by atoms with van der Waals surface area (Å²) >= 11 is 1.59. The molecule has 0 bridgehead atoms. The summed E-state index contributed by atoms with van der Waals surface area (Å²) < 4.78 is 5.38. The molecule has 9 nitrogen and oxygen atoms in total. The number of hydrogen-bond donors (Lipinski definition) is 0. The van der Waals surface area contributed by atoms with Crippen molar-refractivity contribution in [1.29, 1.82) is 0 Å². The van der Waals surface area contributed by atoms with Gasteiger partial charge >= 0.3 is 0 Å². The molecule has 2 aliphatic rings. The first kappa shape index (κ1) is 21.7. The molecule has 0 spiro atoms. The molecule has 2 aliphatic heterocycles. The second kappa shape index (κ2) is 9.71. The molecule has 2 aromatic rings. The van der Waals surface area contributed by atoms with Crippen molar-refractivity contribution in [3.63, 3.8) is 0 Å². The number of hydrogen-bond acceptors (Lipinski definition) is 8. The van der Waals surface area contributed by atoms with Gasteiger partial charge in [-0.1, -0.05) is 0 Å². The normalized spacial score (nSPS) is 17.1. The van der Waals surface area contributed by atoms with Crippen LogP contribution in [0.2, 0.25) is 0 Å². The Labute approximate surface area is 185 Å². The monoisotopic (exact) mass is 445 g/mol. The highest BCUT2D eigenvalue weighted by Gasteiger charge is 2.25. The van der Waals surface area contributed by atoms with E-state index in [9.17, 15) is 14.9 Å². The third kappa shape index (κ3) is 5.20. The number of rotatable bonds is 7. The second-order valence-corrected chi connectivity index (χ2v) is 8.88. The lowest BCUT2D eigenvalue weighted by atomic mass is 10.1. The maximum Gasteiger partial charge on any atom is 0.293 e. The minimum absolute atomic E-state index is 0.0115. The van der Waals surface area contributed by atoms with Gasteiger partial charge in [0.05, 0.1) is 36.9 Å². The highest BCUT2D eigenvalue weighted by atomic mass is 32.1. The molecule has 10 heteroatoms. The molecule has 31 heavy (non-hydrogen) atoms. The zero-order chi connectivity index (χ0) is 21.8. The molecule has 0 aliphatic carbocycles. The van der Waals surface area contributed by atoms with Crippen LogP contribution in [0.25, 0.3) is 0 Å². The highest BCUT2D eigenvalue weighted by Crippen LogP contribution is 2.32. The summed E-state index contributed by atoms with van der Waals surface area (Å²) in [7, 11) is 1.70. The molecule has 1 amide bonds. The van der Waals surface area contributed by atoms with Crippen molar-refractivity contribution < 1.29 is 14.5 Å². The number of nitrogens with zero attached hydrogens (tertiary/aromatic N) is 5. The van der Waals surface area contributed by atoms with Crippen LogP contribution in [0.15, 0.2) is 23.6 Å². The number of benzene rings is 1. The Bertz CT molecular complexity index is 938. The predicted molar refractivity (Wildman–Crippen MR) is 119 cm³/mol. The third-order valence-electron chi connectivity index (χ3n) is 5.67. The molecule has 4 rings (SSSR count). The standard InChI is InChI=1S/C21H27N5O4S/c1-23(13-17-15-31-20(22-17)14-24-8-10-30-11-9-24)21(27)16-4-5-18(19(12-16)26(28)29)25-6-2-3-7-25/h4-5,12,15H,2-3,6-11,13-14H2,1H3. The van der Waals surface area contributed by atoms with Crippen LogP contribution in [0.5, 0.6) is 0 Å². The lowest BCUT2D eigenvalue weighted by molar-refractivity contribution is -0.384. The van der Waals surface area contributed by atoms with Gasteiger partial charge in [0.2, 0.25) is 0 Å². The Balaban J connectivity index is 1.42. The molecule has 166 valence electrons. The summed E-state index contributed by atoms with van der Waals surface area (Å²) in [6.45, 7) is 6.07. The van der Waals surface area contributed by atoms with Crippen molar-refractivity contribution in [3.05, 3.63) is 50.0 Å². The van der Waals surface area contributed by atoms with Gasteiger partial charge in [0, 0.05) is 50.2 Å². The first-order chi connectivity index (χ1) is 15.0. The molecule has 1 aromatic carbocycles. The number of carbonyl (C=O) groups is 1. The van der Waals surface area contributed by atoms with Crippen LogP contribution in [-0.4, -0.2) is 72.1 Å². The summed E-state index contributed by atoms with van der Waals surface area (Å²) in [5.41, 5.74) is 1.73. The molecule has 0 unspecified atom stereocenters. The van der Waals surface area contributed by atoms with Crippen LogP contribution >= 0.6 is 11.3 Å². The van der Waals surface area contributed by atoms with Gasteiger partial charge in [-0.05, 0) is 25.0 Å². The summed E-state index contributed by atoms with van der Waals surface area (Å²) in [6, 6.07) is 4.79. The lowest BCUT2D eigenvalue weighted by Crippen LogP contribution is -2.35. The summed E-state index contributed by atoms with van der Waals surface area (Å²) in [5, 5.41) is 14.6. The number of amides is 1. The molecular weight excluding hydrogens is 418 g/mol. The summed E-state index contributed by atoms with van der Waals surface area (Å²) in [5.74, 6) is -0.251. The van der Waals surface area contributed by atoms with Crippen LogP contribution in [0.1, 0.15) is 33.9 Å². The van der Waals surface area contributed by atoms with Crippen LogP contribution in [0, 0.1) is 10.1 Å². The predicted octanol–water partition coefficient (Wildman–Crippen LogP) is 2.76. The molecule has 3 heterocycles. The number of carbonyl (C=O) groups excluding carboxylic acids is 1. The van der Waals surface area contributed by atoms with Crippen molar-refractivity contribution in [3.8, 4) is 0 Å². The van der Waals surface area contributed by atoms with E-state index in [2.05, 4.69) is 9.88 Å². The molecule has 2 saturated heterocycles. The van der Waals surface area contributed by atoms with Crippen LogP contribution in [0.4, 0.5) is 11.4 Å². The van der Waals surface area contributed by atoms with Gasteiger partial charge in [0.1, 0.15) is 10.7 Å². The van der Waals surface area contributed by atoms with Gasteiger partial charge < -0.3 is 14.5 Å². The van der Waals surface area contributed by atoms with Crippen molar-refractivity contribution in [2.45, 2.75) is 25.9 Å². The van der Waals surface area contributed by atoms with Gasteiger partial charge in [0.25, 0.3) is 11.6 Å². The van der Waals surface area contributed by atoms with E-state index in [4.69, 9.17) is 4.74 Å². The van der Waals surface area contributed by atoms with Crippen LogP contribution in [-0.2, 0) is 17.8 Å². The van der Waals surface area contributed by atoms with Crippen molar-refractivity contribution in [2.24, 2.45) is 0 Å². The number of aromatic nitrogens is 1. The molecule has 0 atom stereocenters. The Kier molecular flexibility index (Phi) is 6.79.